The first-order chi connectivity index (χ1) is 7.40. The molecular formula is C10H18N4O2. The molecule has 0 unspecified atom stereocenters. The molecule has 0 radical (unpaired) electrons. The van der Waals surface area contributed by atoms with E-state index in [1.54, 1.807) is 10.9 Å². The van der Waals surface area contributed by atoms with Gasteiger partial charge in [0.15, 0.2) is 5.82 Å². The van der Waals surface area contributed by atoms with Gasteiger partial charge >= 0.3 is 5.97 Å². The van der Waals surface area contributed by atoms with E-state index in [-0.39, 0.29) is 12.5 Å². The standard InChI is InChI=1S/C10H18N4O2/c1-5-14-7-8(12-13-14)11-6-9(15)16-10(2,3)4/h7,11H,5-6H2,1-4H3. The van der Waals surface area contributed by atoms with Gasteiger partial charge in [-0.1, -0.05) is 5.21 Å². The monoisotopic (exact) mass is 226 g/mol. The molecule has 6 heteroatoms. The summed E-state index contributed by atoms with van der Waals surface area (Å²) in [4.78, 5) is 11.4. The summed E-state index contributed by atoms with van der Waals surface area (Å²) in [5.41, 5.74) is -0.459. The van der Waals surface area contributed by atoms with Crippen LogP contribution in [0.3, 0.4) is 0 Å². The number of aromatic nitrogens is 3. The minimum Gasteiger partial charge on any atom is -0.459 e. The minimum absolute atomic E-state index is 0.0969. The highest BCUT2D eigenvalue weighted by molar-refractivity contribution is 5.74. The molecule has 90 valence electrons. The maximum Gasteiger partial charge on any atom is 0.325 e. The van der Waals surface area contributed by atoms with Gasteiger partial charge in [0, 0.05) is 6.54 Å². The molecule has 0 fully saturated rings. The fourth-order valence-corrected chi connectivity index (χ4v) is 1.07. The van der Waals surface area contributed by atoms with E-state index in [4.69, 9.17) is 4.74 Å². The molecule has 1 heterocycles. The van der Waals surface area contributed by atoms with Crippen LogP contribution in [-0.2, 0) is 16.1 Å². The molecule has 1 N–H and O–H groups in total. The maximum absolute atomic E-state index is 11.4. The van der Waals surface area contributed by atoms with Gasteiger partial charge in [-0.3, -0.25) is 9.48 Å². The first-order valence-corrected chi connectivity index (χ1v) is 5.26. The topological polar surface area (TPSA) is 69.0 Å². The lowest BCUT2D eigenvalue weighted by Gasteiger charge is -2.19. The van der Waals surface area contributed by atoms with E-state index >= 15 is 0 Å². The van der Waals surface area contributed by atoms with Crippen molar-refractivity contribution in [1.82, 2.24) is 15.0 Å². The molecule has 0 saturated carbocycles. The van der Waals surface area contributed by atoms with Crippen LogP contribution in [0, 0.1) is 0 Å². The number of nitrogens with one attached hydrogen (secondary N) is 1. The van der Waals surface area contributed by atoms with E-state index in [0.29, 0.717) is 5.82 Å². The Morgan fingerprint density at radius 1 is 1.56 bits per heavy atom. The van der Waals surface area contributed by atoms with Crippen LogP contribution >= 0.6 is 0 Å². The van der Waals surface area contributed by atoms with Crippen molar-refractivity contribution >= 4 is 11.8 Å². The molecule has 1 aromatic heterocycles. The van der Waals surface area contributed by atoms with Gasteiger partial charge in [-0.15, -0.1) is 5.10 Å². The van der Waals surface area contributed by atoms with Gasteiger partial charge < -0.3 is 10.1 Å². The number of nitrogens with zero attached hydrogens (tertiary/aromatic N) is 3. The van der Waals surface area contributed by atoms with Crippen molar-refractivity contribution in [2.75, 3.05) is 11.9 Å². The Hall–Kier alpha value is -1.59. The number of carbonyl (C=O) groups is 1. The number of aryl methyl sites for hydroxylation is 1. The summed E-state index contributed by atoms with van der Waals surface area (Å²) < 4.78 is 6.81. The second-order valence-corrected chi connectivity index (χ2v) is 4.40. The first kappa shape index (κ1) is 12.5. The number of rotatable bonds is 4. The highest BCUT2D eigenvalue weighted by Gasteiger charge is 2.16. The number of anilines is 1. The molecule has 0 amide bonds. The molecule has 1 aromatic rings. The normalized spacial score (nSPS) is 11.2. The summed E-state index contributed by atoms with van der Waals surface area (Å²) in [6, 6.07) is 0. The van der Waals surface area contributed by atoms with Crippen molar-refractivity contribution in [3.63, 3.8) is 0 Å². The smallest absolute Gasteiger partial charge is 0.325 e. The highest BCUT2D eigenvalue weighted by atomic mass is 16.6. The van der Waals surface area contributed by atoms with Crippen LogP contribution in [0.4, 0.5) is 5.82 Å². The van der Waals surface area contributed by atoms with Gasteiger partial charge in [-0.25, -0.2) is 0 Å². The SMILES string of the molecule is CCn1cc(NCC(=O)OC(C)(C)C)nn1. The zero-order chi connectivity index (χ0) is 12.2. The second-order valence-electron chi connectivity index (χ2n) is 4.40. The number of carbonyl (C=O) groups excluding carboxylic acids is 1. The number of hydrogen-bond donors (Lipinski definition) is 1. The average molecular weight is 226 g/mol. The lowest BCUT2D eigenvalue weighted by molar-refractivity contribution is -0.152. The average Bonchev–Trinajstić information content (AvgIpc) is 2.59. The molecule has 1 rings (SSSR count). The fourth-order valence-electron chi connectivity index (χ4n) is 1.07. The number of hydrogen-bond acceptors (Lipinski definition) is 5. The van der Waals surface area contributed by atoms with Gasteiger partial charge in [-0.05, 0) is 27.7 Å². The Kier molecular flexibility index (Phi) is 3.87. The van der Waals surface area contributed by atoms with E-state index in [0.717, 1.165) is 6.54 Å². The Balaban J connectivity index is 2.37. The van der Waals surface area contributed by atoms with Crippen LogP contribution in [0.2, 0.25) is 0 Å². The summed E-state index contributed by atoms with van der Waals surface area (Å²) in [6.45, 7) is 8.31. The summed E-state index contributed by atoms with van der Waals surface area (Å²) in [7, 11) is 0. The van der Waals surface area contributed by atoms with Crippen LogP contribution in [-0.4, -0.2) is 33.1 Å². The molecule has 0 spiro atoms. The minimum atomic E-state index is -0.459. The van der Waals surface area contributed by atoms with E-state index in [9.17, 15) is 4.79 Å². The summed E-state index contributed by atoms with van der Waals surface area (Å²) in [5, 5.41) is 10.5. The van der Waals surface area contributed by atoms with E-state index in [1.165, 1.54) is 0 Å². The Bertz CT molecular complexity index is 354. The Labute approximate surface area is 95.0 Å². The molecule has 16 heavy (non-hydrogen) atoms. The number of ether oxygens (including phenoxy) is 1. The quantitative estimate of drug-likeness (QED) is 0.777. The van der Waals surface area contributed by atoms with E-state index < -0.39 is 5.60 Å². The van der Waals surface area contributed by atoms with Gasteiger partial charge in [0.25, 0.3) is 0 Å². The third-order valence-electron chi connectivity index (χ3n) is 1.70. The lowest BCUT2D eigenvalue weighted by atomic mass is 10.2. The predicted octanol–water partition coefficient (Wildman–Crippen LogP) is 1.05. The molecule has 0 aromatic carbocycles. The van der Waals surface area contributed by atoms with Crippen LogP contribution in [0.15, 0.2) is 6.20 Å². The third kappa shape index (κ3) is 4.29. The van der Waals surface area contributed by atoms with E-state index in [1.807, 2.05) is 27.7 Å². The van der Waals surface area contributed by atoms with Crippen LogP contribution in [0.1, 0.15) is 27.7 Å². The van der Waals surface area contributed by atoms with Crippen LogP contribution in [0.25, 0.3) is 0 Å². The number of esters is 1. The highest BCUT2D eigenvalue weighted by Crippen LogP contribution is 2.07. The third-order valence-corrected chi connectivity index (χ3v) is 1.70. The largest absolute Gasteiger partial charge is 0.459 e. The van der Waals surface area contributed by atoms with Crippen molar-refractivity contribution in [3.8, 4) is 0 Å². The fraction of sp³-hybridized carbons (Fsp3) is 0.700. The van der Waals surface area contributed by atoms with Gasteiger partial charge in [0.2, 0.25) is 0 Å². The van der Waals surface area contributed by atoms with E-state index in [2.05, 4.69) is 15.6 Å². The summed E-state index contributed by atoms with van der Waals surface area (Å²) in [6.07, 6.45) is 1.74. The molecule has 0 aliphatic carbocycles. The van der Waals surface area contributed by atoms with Gasteiger partial charge in [0.05, 0.1) is 6.20 Å². The Morgan fingerprint density at radius 2 is 2.25 bits per heavy atom. The Morgan fingerprint density at radius 3 is 2.75 bits per heavy atom. The van der Waals surface area contributed by atoms with Crippen molar-refractivity contribution < 1.29 is 9.53 Å². The van der Waals surface area contributed by atoms with Crippen molar-refractivity contribution in [2.45, 2.75) is 39.8 Å². The summed E-state index contributed by atoms with van der Waals surface area (Å²) >= 11 is 0. The van der Waals surface area contributed by atoms with Crippen LogP contribution in [0.5, 0.6) is 0 Å². The molecule has 6 nitrogen and oxygen atoms in total. The van der Waals surface area contributed by atoms with Gasteiger partial charge in [0.1, 0.15) is 12.1 Å². The van der Waals surface area contributed by atoms with Crippen molar-refractivity contribution in [3.05, 3.63) is 6.20 Å². The maximum atomic E-state index is 11.4. The van der Waals surface area contributed by atoms with Crippen molar-refractivity contribution in [1.29, 1.82) is 0 Å². The lowest BCUT2D eigenvalue weighted by Crippen LogP contribution is -2.28. The first-order valence-electron chi connectivity index (χ1n) is 5.26. The molecule has 0 atom stereocenters. The molecular weight excluding hydrogens is 208 g/mol. The van der Waals surface area contributed by atoms with Crippen molar-refractivity contribution in [2.24, 2.45) is 0 Å². The predicted molar refractivity (Wildman–Crippen MR) is 60.0 cm³/mol. The second kappa shape index (κ2) is 4.96. The summed E-state index contributed by atoms with van der Waals surface area (Å²) in [5.74, 6) is 0.270. The zero-order valence-corrected chi connectivity index (χ0v) is 10.1. The molecule has 0 aliphatic heterocycles. The molecule has 0 bridgehead atoms. The van der Waals surface area contributed by atoms with Gasteiger partial charge in [-0.2, -0.15) is 0 Å². The van der Waals surface area contributed by atoms with Crippen LogP contribution < -0.4 is 5.32 Å². The zero-order valence-electron chi connectivity index (χ0n) is 10.1. The molecule has 0 saturated heterocycles. The molecule has 0 aliphatic rings.